The number of likely N-dealkylation sites (tertiary alicyclic amines) is 1. The number of rotatable bonds is 5. The zero-order valence-corrected chi connectivity index (χ0v) is 21.0. The van der Waals surface area contributed by atoms with Crippen molar-refractivity contribution in [3.05, 3.63) is 77.2 Å². The average molecular weight is 497 g/mol. The van der Waals surface area contributed by atoms with E-state index in [2.05, 4.69) is 20.9 Å². The van der Waals surface area contributed by atoms with Crippen LogP contribution in [0.25, 0.3) is 22.2 Å². The average Bonchev–Trinajstić information content (AvgIpc) is 3.32. The van der Waals surface area contributed by atoms with Gasteiger partial charge in [-0.15, -0.1) is 0 Å². The smallest absolute Gasteiger partial charge is 0.253 e. The number of carbonyl (C=O) groups is 1. The molecule has 1 saturated heterocycles. The number of aromatic nitrogens is 3. The fraction of sp³-hybridized carbons (Fsp3) is 0.310. The van der Waals surface area contributed by atoms with Crippen LogP contribution in [0.1, 0.15) is 50.2 Å². The first-order chi connectivity index (χ1) is 19.1. The molecule has 0 saturated carbocycles. The highest BCUT2D eigenvalue weighted by atomic mass is 16.2. The quantitative estimate of drug-likeness (QED) is 0.445. The number of nitrogen functional groups attached to an aromatic ring is 1. The van der Waals surface area contributed by atoms with Crippen LogP contribution in [0.4, 0.5) is 5.82 Å². The molecule has 2 N–H and O–H groups in total. The van der Waals surface area contributed by atoms with E-state index in [1.807, 2.05) is 30.3 Å². The van der Waals surface area contributed by atoms with Gasteiger partial charge in [-0.3, -0.25) is 9.69 Å². The third kappa shape index (κ3) is 4.78. The number of piperidine rings is 1. The lowest BCUT2D eigenvalue weighted by molar-refractivity contribution is 0.0827. The molecule has 188 valence electrons. The molecule has 1 amide bonds. The Morgan fingerprint density at radius 1 is 1.16 bits per heavy atom. The minimum Gasteiger partial charge on any atom is -0.384 e. The van der Waals surface area contributed by atoms with Gasteiger partial charge in [-0.2, -0.15) is 5.26 Å². The number of aryl methyl sites for hydroxylation is 1. The maximum absolute atomic E-state index is 12.2. The molecule has 0 radical (unpaired) electrons. The molecule has 37 heavy (non-hydrogen) atoms. The van der Waals surface area contributed by atoms with Gasteiger partial charge < -0.3 is 15.2 Å². The molecule has 1 aromatic carbocycles. The fourth-order valence-corrected chi connectivity index (χ4v) is 5.09. The third-order valence-electron chi connectivity index (χ3n) is 7.10. The predicted molar refractivity (Wildman–Crippen MR) is 145 cm³/mol. The number of amides is 1. The van der Waals surface area contributed by atoms with E-state index in [-0.39, 0.29) is 17.4 Å². The molecule has 8 nitrogen and oxygen atoms in total. The standard InChI is InChI=1S/C29H31N7O/c1-34(2)29(37)21-6-4-19(5-7-21)20-11-14-36(15-12-20)18-22-16-25-23(10-13-32-28(25)35(22)3)24-8-9-27(31)33-26(24)17-30/h4-10,13,16,20H,11-12,14-15,18H2,1-3H3,(H2,31,33)/i3D3. The molecule has 1 aliphatic rings. The van der Waals surface area contributed by atoms with Gasteiger partial charge in [0.2, 0.25) is 0 Å². The summed E-state index contributed by atoms with van der Waals surface area (Å²) in [6, 6.07) is 16.9. The summed E-state index contributed by atoms with van der Waals surface area (Å²) >= 11 is 0. The zero-order chi connectivity index (χ0) is 28.6. The first-order valence-corrected chi connectivity index (χ1v) is 12.3. The summed E-state index contributed by atoms with van der Waals surface area (Å²) in [5, 5.41) is 10.3. The van der Waals surface area contributed by atoms with Crippen molar-refractivity contribution in [3.8, 4) is 17.2 Å². The second-order valence-corrected chi connectivity index (χ2v) is 9.68. The van der Waals surface area contributed by atoms with Crippen molar-refractivity contribution in [1.29, 1.82) is 5.26 Å². The van der Waals surface area contributed by atoms with Gasteiger partial charge in [0.15, 0.2) is 5.69 Å². The maximum Gasteiger partial charge on any atom is 0.253 e. The Bertz CT molecular complexity index is 1600. The van der Waals surface area contributed by atoms with Crippen LogP contribution in [0.2, 0.25) is 0 Å². The van der Waals surface area contributed by atoms with Gasteiger partial charge >= 0.3 is 0 Å². The van der Waals surface area contributed by atoms with Gasteiger partial charge in [0.1, 0.15) is 17.5 Å². The third-order valence-corrected chi connectivity index (χ3v) is 7.10. The lowest BCUT2D eigenvalue weighted by Crippen LogP contribution is -2.33. The summed E-state index contributed by atoms with van der Waals surface area (Å²) in [5.41, 5.74) is 10.1. The molecule has 0 unspecified atom stereocenters. The van der Waals surface area contributed by atoms with E-state index >= 15 is 0 Å². The molecule has 0 aliphatic carbocycles. The summed E-state index contributed by atoms with van der Waals surface area (Å²) in [6.07, 6.45) is 3.42. The van der Waals surface area contributed by atoms with E-state index in [9.17, 15) is 10.1 Å². The SMILES string of the molecule is [2H]C([2H])([2H])n1c(CN2CCC(c3ccc(C(=O)N(C)C)cc3)CC2)cc2c(-c3ccc(N)nc3C#N)ccnc21. The van der Waals surface area contributed by atoms with E-state index in [1.54, 1.807) is 43.4 Å². The van der Waals surface area contributed by atoms with E-state index in [0.29, 0.717) is 45.9 Å². The molecular weight excluding hydrogens is 462 g/mol. The molecule has 4 heterocycles. The highest BCUT2D eigenvalue weighted by Crippen LogP contribution is 2.33. The topological polar surface area (TPSA) is 104 Å². The van der Waals surface area contributed by atoms with Gasteiger partial charge in [-0.25, -0.2) is 9.97 Å². The molecule has 3 aromatic heterocycles. The number of carbonyl (C=O) groups excluding carboxylic acids is 1. The number of pyridine rings is 2. The van der Waals surface area contributed by atoms with Crippen molar-refractivity contribution in [2.75, 3.05) is 32.9 Å². The highest BCUT2D eigenvalue weighted by Gasteiger charge is 2.23. The van der Waals surface area contributed by atoms with Crippen molar-refractivity contribution in [3.63, 3.8) is 0 Å². The Labute approximate surface area is 221 Å². The number of hydrogen-bond acceptors (Lipinski definition) is 6. The molecule has 0 bridgehead atoms. The molecule has 0 spiro atoms. The van der Waals surface area contributed by atoms with Gasteiger partial charge in [0.25, 0.3) is 5.91 Å². The molecule has 0 atom stereocenters. The second-order valence-electron chi connectivity index (χ2n) is 9.68. The van der Waals surface area contributed by atoms with Gasteiger partial charge in [-0.05, 0) is 79.4 Å². The fourth-order valence-electron chi connectivity index (χ4n) is 5.09. The van der Waals surface area contributed by atoms with Crippen molar-refractivity contribution in [2.45, 2.75) is 25.3 Å². The monoisotopic (exact) mass is 496 g/mol. The van der Waals surface area contributed by atoms with E-state index in [1.165, 1.54) is 10.1 Å². The number of benzene rings is 1. The van der Waals surface area contributed by atoms with Crippen LogP contribution < -0.4 is 5.73 Å². The van der Waals surface area contributed by atoms with Crippen molar-refractivity contribution >= 4 is 22.8 Å². The van der Waals surface area contributed by atoms with Crippen LogP contribution in [0.15, 0.2) is 54.7 Å². The Morgan fingerprint density at radius 3 is 2.59 bits per heavy atom. The Kier molecular flexibility index (Phi) is 5.67. The lowest BCUT2D eigenvalue weighted by Gasteiger charge is -2.32. The Hall–Kier alpha value is -4.22. The number of fused-ring (bicyclic) bond motifs is 1. The summed E-state index contributed by atoms with van der Waals surface area (Å²) in [5.74, 6) is 0.608. The van der Waals surface area contributed by atoms with Gasteiger partial charge in [0, 0.05) is 60.1 Å². The lowest BCUT2D eigenvalue weighted by atomic mass is 9.89. The first-order valence-electron chi connectivity index (χ1n) is 13.8. The molecule has 8 heteroatoms. The first kappa shape index (κ1) is 20.9. The number of nitriles is 1. The Morgan fingerprint density at radius 2 is 1.92 bits per heavy atom. The normalized spacial score (nSPS) is 16.1. The van der Waals surface area contributed by atoms with Crippen molar-refractivity contribution in [2.24, 2.45) is 6.98 Å². The maximum atomic E-state index is 12.2. The second kappa shape index (κ2) is 10.0. The predicted octanol–water partition coefficient (Wildman–Crippen LogP) is 4.17. The Balaban J connectivity index is 1.40. The number of nitrogens with zero attached hydrogens (tertiary/aromatic N) is 6. The largest absolute Gasteiger partial charge is 0.384 e. The molecule has 1 aliphatic heterocycles. The van der Waals surface area contributed by atoms with Crippen LogP contribution in [0.5, 0.6) is 0 Å². The number of nitrogens with two attached hydrogens (primary N) is 1. The minimum absolute atomic E-state index is 0.0137. The highest BCUT2D eigenvalue weighted by molar-refractivity contribution is 5.95. The number of hydrogen-bond donors (Lipinski definition) is 1. The van der Waals surface area contributed by atoms with Crippen LogP contribution >= 0.6 is 0 Å². The van der Waals surface area contributed by atoms with E-state index < -0.39 is 6.98 Å². The van der Waals surface area contributed by atoms with E-state index in [4.69, 9.17) is 9.85 Å². The van der Waals surface area contributed by atoms with Crippen LogP contribution in [-0.4, -0.2) is 57.4 Å². The number of anilines is 1. The van der Waals surface area contributed by atoms with Gasteiger partial charge in [-0.1, -0.05) is 12.1 Å². The summed E-state index contributed by atoms with van der Waals surface area (Å²) < 4.78 is 26.1. The molecule has 4 aromatic rings. The van der Waals surface area contributed by atoms with Crippen molar-refractivity contribution < 1.29 is 8.91 Å². The minimum atomic E-state index is -2.43. The molecule has 5 rings (SSSR count). The van der Waals surface area contributed by atoms with Crippen LogP contribution in [0, 0.1) is 11.3 Å². The zero-order valence-electron chi connectivity index (χ0n) is 24.0. The van der Waals surface area contributed by atoms with Crippen LogP contribution in [-0.2, 0) is 13.5 Å². The molecule has 1 fully saturated rings. The van der Waals surface area contributed by atoms with E-state index in [0.717, 1.165) is 25.9 Å². The summed E-state index contributed by atoms with van der Waals surface area (Å²) in [7, 11) is 3.49. The van der Waals surface area contributed by atoms with Gasteiger partial charge in [0.05, 0.1) is 0 Å². The summed E-state index contributed by atoms with van der Waals surface area (Å²) in [6.45, 7) is -0.342. The van der Waals surface area contributed by atoms with Crippen molar-refractivity contribution in [1.82, 2.24) is 24.3 Å². The van der Waals surface area contributed by atoms with Crippen LogP contribution in [0.3, 0.4) is 0 Å². The molecular formula is C29H31N7O. The summed E-state index contributed by atoms with van der Waals surface area (Å²) in [4.78, 5) is 24.6.